The van der Waals surface area contributed by atoms with Crippen molar-refractivity contribution in [2.45, 2.75) is 39.7 Å². The summed E-state index contributed by atoms with van der Waals surface area (Å²) in [5.41, 5.74) is 6.16. The molecule has 4 heterocycles. The van der Waals surface area contributed by atoms with Gasteiger partial charge in [-0.25, -0.2) is 9.97 Å². The third-order valence-electron chi connectivity index (χ3n) is 5.60. The lowest BCUT2D eigenvalue weighted by Gasteiger charge is -2.26. The summed E-state index contributed by atoms with van der Waals surface area (Å²) < 4.78 is 1.97. The summed E-state index contributed by atoms with van der Waals surface area (Å²) in [6, 6.07) is 12.7. The number of H-pyrrole nitrogens is 1. The number of fused-ring (bicyclic) bond motifs is 1. The normalized spacial score (nSPS) is 15.0. The Kier molecular flexibility index (Phi) is 4.96. The Hall–Kier alpha value is -3.19. The van der Waals surface area contributed by atoms with Gasteiger partial charge in [0, 0.05) is 36.1 Å². The fourth-order valence-corrected chi connectivity index (χ4v) is 4.15. The minimum Gasteiger partial charge on any atom is -0.308 e. The van der Waals surface area contributed by atoms with Crippen LogP contribution in [0.2, 0.25) is 0 Å². The largest absolute Gasteiger partial charge is 0.308 e. The molecular weight excluding hydrogens is 374 g/mol. The predicted octanol–water partition coefficient (Wildman–Crippen LogP) is 4.47. The zero-order valence-electron chi connectivity index (χ0n) is 17.5. The maximum absolute atomic E-state index is 4.92. The lowest BCUT2D eigenvalue weighted by atomic mass is 10.1. The van der Waals surface area contributed by atoms with Crippen molar-refractivity contribution in [2.24, 2.45) is 0 Å². The minimum atomic E-state index is 0.705. The van der Waals surface area contributed by atoms with Gasteiger partial charge < -0.3 is 5.32 Å². The number of piperidine rings is 1. The molecule has 7 heteroatoms. The summed E-state index contributed by atoms with van der Waals surface area (Å²) in [5.74, 6) is 1.44. The Balaban J connectivity index is 1.50. The molecule has 0 amide bonds. The van der Waals surface area contributed by atoms with Gasteiger partial charge in [-0.05, 0) is 51.4 Å². The number of aromatic amines is 1. The van der Waals surface area contributed by atoms with Gasteiger partial charge in [0.25, 0.3) is 0 Å². The number of likely N-dealkylation sites (tertiary alicyclic amines) is 1. The molecule has 7 nitrogen and oxygen atoms in total. The third-order valence-corrected chi connectivity index (χ3v) is 5.60. The van der Waals surface area contributed by atoms with E-state index in [2.05, 4.69) is 49.7 Å². The number of hydrogen-bond acceptors (Lipinski definition) is 5. The molecule has 0 spiro atoms. The summed E-state index contributed by atoms with van der Waals surface area (Å²) in [5, 5.41) is 10.6. The molecule has 0 bridgehead atoms. The van der Waals surface area contributed by atoms with E-state index >= 15 is 0 Å². The third kappa shape index (κ3) is 3.93. The maximum atomic E-state index is 4.92. The van der Waals surface area contributed by atoms with Crippen LogP contribution in [0.15, 0.2) is 42.6 Å². The van der Waals surface area contributed by atoms with Crippen molar-refractivity contribution in [3.63, 3.8) is 0 Å². The topological polar surface area (TPSA) is 74.1 Å². The van der Waals surface area contributed by atoms with E-state index in [1.165, 1.54) is 37.9 Å². The van der Waals surface area contributed by atoms with E-state index in [1.807, 2.05) is 36.6 Å². The van der Waals surface area contributed by atoms with Gasteiger partial charge >= 0.3 is 0 Å². The summed E-state index contributed by atoms with van der Waals surface area (Å²) in [6.45, 7) is 7.36. The van der Waals surface area contributed by atoms with Gasteiger partial charge in [-0.15, -0.1) is 0 Å². The first kappa shape index (κ1) is 18.8. The molecule has 4 aromatic rings. The Morgan fingerprint density at radius 1 is 1.03 bits per heavy atom. The number of nitrogens with zero attached hydrogens (tertiary/aromatic N) is 5. The van der Waals surface area contributed by atoms with Crippen LogP contribution in [0.25, 0.3) is 16.9 Å². The highest BCUT2D eigenvalue weighted by Crippen LogP contribution is 2.25. The first-order valence-electron chi connectivity index (χ1n) is 10.6. The number of aromatic nitrogens is 5. The molecule has 0 unspecified atom stereocenters. The molecule has 1 aliphatic heterocycles. The van der Waals surface area contributed by atoms with Gasteiger partial charge in [-0.1, -0.05) is 24.6 Å². The summed E-state index contributed by atoms with van der Waals surface area (Å²) in [4.78, 5) is 12.1. The Labute approximate surface area is 176 Å². The van der Waals surface area contributed by atoms with Crippen LogP contribution in [-0.4, -0.2) is 42.6 Å². The highest BCUT2D eigenvalue weighted by molar-refractivity contribution is 5.68. The zero-order chi connectivity index (χ0) is 20.5. The molecule has 0 radical (unpaired) electrons. The smallest absolute Gasteiger partial charge is 0.215 e. The quantitative estimate of drug-likeness (QED) is 0.516. The first-order chi connectivity index (χ1) is 14.6. The maximum Gasteiger partial charge on any atom is 0.215 e. The molecule has 1 saturated heterocycles. The van der Waals surface area contributed by atoms with Gasteiger partial charge in [0.15, 0.2) is 5.82 Å². The fraction of sp³-hybridized carbons (Fsp3) is 0.348. The Morgan fingerprint density at radius 2 is 1.90 bits per heavy atom. The van der Waals surface area contributed by atoms with Crippen LogP contribution < -0.4 is 5.32 Å². The summed E-state index contributed by atoms with van der Waals surface area (Å²) in [7, 11) is 0. The standard InChI is InChI=1S/C23H27N7/c1-16-11-21(28-27-16)26-23-25-20(13-22-24-17(2)14-30(22)23)19-8-6-7-18(12-19)15-29-9-4-3-5-10-29/h6-8,11-14H,3-5,9-10,15H2,1-2H3,(H2,25,26,27,28). The van der Waals surface area contributed by atoms with E-state index < -0.39 is 0 Å². The molecule has 1 fully saturated rings. The number of imidazole rings is 1. The van der Waals surface area contributed by atoms with Crippen LogP contribution in [0.3, 0.4) is 0 Å². The molecule has 0 saturated carbocycles. The van der Waals surface area contributed by atoms with Crippen molar-refractivity contribution in [3.05, 3.63) is 59.5 Å². The number of hydrogen-bond donors (Lipinski definition) is 2. The zero-order valence-corrected chi connectivity index (χ0v) is 17.5. The second-order valence-corrected chi connectivity index (χ2v) is 8.17. The van der Waals surface area contributed by atoms with Gasteiger partial charge in [0.05, 0.1) is 11.4 Å². The van der Waals surface area contributed by atoms with E-state index in [-0.39, 0.29) is 0 Å². The van der Waals surface area contributed by atoms with E-state index in [1.54, 1.807) is 0 Å². The average Bonchev–Trinajstić information content (AvgIpc) is 3.33. The highest BCUT2D eigenvalue weighted by atomic mass is 15.3. The van der Waals surface area contributed by atoms with E-state index in [0.29, 0.717) is 5.95 Å². The lowest BCUT2D eigenvalue weighted by molar-refractivity contribution is 0.221. The molecule has 0 aliphatic carbocycles. The van der Waals surface area contributed by atoms with Crippen LogP contribution in [-0.2, 0) is 6.54 Å². The molecule has 1 aliphatic rings. The predicted molar refractivity (Wildman–Crippen MR) is 119 cm³/mol. The van der Waals surface area contributed by atoms with Crippen LogP contribution in [0.4, 0.5) is 11.8 Å². The van der Waals surface area contributed by atoms with Crippen molar-refractivity contribution < 1.29 is 0 Å². The fourth-order valence-electron chi connectivity index (χ4n) is 4.15. The molecule has 0 atom stereocenters. The van der Waals surface area contributed by atoms with Crippen LogP contribution in [0.5, 0.6) is 0 Å². The van der Waals surface area contributed by atoms with Gasteiger partial charge in [-0.3, -0.25) is 14.4 Å². The SMILES string of the molecule is Cc1cn2c(Nc3cc(C)[nH]n3)nc(-c3cccc(CN4CCCCC4)c3)cc2n1. The molecule has 3 aromatic heterocycles. The minimum absolute atomic E-state index is 0.705. The van der Waals surface area contributed by atoms with Crippen molar-refractivity contribution in [1.82, 2.24) is 29.5 Å². The molecule has 154 valence electrons. The second-order valence-electron chi connectivity index (χ2n) is 8.17. The Morgan fingerprint density at radius 3 is 2.70 bits per heavy atom. The summed E-state index contributed by atoms with van der Waals surface area (Å²) >= 11 is 0. The van der Waals surface area contributed by atoms with Crippen LogP contribution in [0.1, 0.15) is 36.2 Å². The number of rotatable bonds is 5. The number of anilines is 2. The average molecular weight is 402 g/mol. The lowest BCUT2D eigenvalue weighted by Crippen LogP contribution is -2.29. The molecule has 2 N–H and O–H groups in total. The second kappa shape index (κ2) is 7.91. The monoisotopic (exact) mass is 401 g/mol. The van der Waals surface area contributed by atoms with Gasteiger partial charge in [-0.2, -0.15) is 5.10 Å². The highest BCUT2D eigenvalue weighted by Gasteiger charge is 2.13. The van der Waals surface area contributed by atoms with E-state index in [4.69, 9.17) is 4.98 Å². The number of benzene rings is 1. The molecule has 5 rings (SSSR count). The van der Waals surface area contributed by atoms with Crippen molar-refractivity contribution >= 4 is 17.4 Å². The van der Waals surface area contributed by atoms with E-state index in [0.717, 1.165) is 40.7 Å². The van der Waals surface area contributed by atoms with Crippen molar-refractivity contribution in [3.8, 4) is 11.3 Å². The van der Waals surface area contributed by atoms with Crippen LogP contribution in [0, 0.1) is 13.8 Å². The van der Waals surface area contributed by atoms with E-state index in [9.17, 15) is 0 Å². The number of aryl methyl sites for hydroxylation is 2. The van der Waals surface area contributed by atoms with Crippen molar-refractivity contribution in [2.75, 3.05) is 18.4 Å². The molecule has 1 aromatic carbocycles. The van der Waals surface area contributed by atoms with Gasteiger partial charge in [0.1, 0.15) is 5.65 Å². The molecular formula is C23H27N7. The Bertz CT molecular complexity index is 1170. The number of nitrogens with one attached hydrogen (secondary N) is 2. The van der Waals surface area contributed by atoms with Crippen molar-refractivity contribution in [1.29, 1.82) is 0 Å². The van der Waals surface area contributed by atoms with Gasteiger partial charge in [0.2, 0.25) is 5.95 Å². The summed E-state index contributed by atoms with van der Waals surface area (Å²) in [6.07, 6.45) is 5.95. The van der Waals surface area contributed by atoms with Crippen LogP contribution >= 0.6 is 0 Å². The molecule has 30 heavy (non-hydrogen) atoms. The first-order valence-corrected chi connectivity index (χ1v) is 10.6.